The zero-order valence-corrected chi connectivity index (χ0v) is 11.5. The first-order valence-electron chi connectivity index (χ1n) is 5.59. The largest absolute Gasteiger partial charge is 0.460 e. The van der Waals surface area contributed by atoms with E-state index in [0.717, 1.165) is 0 Å². The molecule has 1 fully saturated rings. The highest BCUT2D eigenvalue weighted by molar-refractivity contribution is 7.79. The smallest absolute Gasteiger partial charge is 0.354 e. The molecule has 1 aliphatic heterocycles. The van der Waals surface area contributed by atoms with E-state index in [1.165, 1.54) is 0 Å². The minimum atomic E-state index is -1.20. The van der Waals surface area contributed by atoms with Crippen LogP contribution in [0.25, 0.3) is 0 Å². The summed E-state index contributed by atoms with van der Waals surface area (Å²) in [6, 6.07) is 0. The summed E-state index contributed by atoms with van der Waals surface area (Å²) >= 11 is 4.68. The molecule has 18 heavy (non-hydrogen) atoms. The van der Waals surface area contributed by atoms with Gasteiger partial charge in [-0.05, 0) is 27.7 Å². The monoisotopic (exact) mass is 276 g/mol. The fourth-order valence-corrected chi connectivity index (χ4v) is 1.51. The summed E-state index contributed by atoms with van der Waals surface area (Å²) in [6.07, 6.45) is -3.05. The van der Waals surface area contributed by atoms with Crippen LogP contribution in [0.3, 0.4) is 0 Å². The molecule has 1 aliphatic rings. The molecule has 0 spiro atoms. The average molecular weight is 276 g/mol. The molecule has 0 saturated carbocycles. The number of carbonyl (C=O) groups is 2. The van der Waals surface area contributed by atoms with E-state index in [4.69, 9.17) is 18.9 Å². The van der Waals surface area contributed by atoms with Gasteiger partial charge in [-0.1, -0.05) is 0 Å². The highest BCUT2D eigenvalue weighted by Gasteiger charge is 2.47. The molecule has 6 nitrogen and oxygen atoms in total. The van der Waals surface area contributed by atoms with E-state index in [0.29, 0.717) is 0 Å². The van der Waals surface area contributed by atoms with Crippen LogP contribution < -0.4 is 0 Å². The van der Waals surface area contributed by atoms with Gasteiger partial charge in [-0.15, -0.1) is 0 Å². The van der Waals surface area contributed by atoms with Gasteiger partial charge in [0.15, 0.2) is 0 Å². The molecule has 0 aromatic carbocycles. The number of esters is 2. The summed E-state index contributed by atoms with van der Waals surface area (Å²) in [5, 5.41) is -0.258. The van der Waals surface area contributed by atoms with Gasteiger partial charge in [0, 0.05) is 12.2 Å². The molecule has 102 valence electrons. The lowest BCUT2D eigenvalue weighted by Crippen LogP contribution is -2.40. The van der Waals surface area contributed by atoms with Crippen LogP contribution >= 0.6 is 12.2 Å². The van der Waals surface area contributed by atoms with Gasteiger partial charge in [-0.2, -0.15) is 0 Å². The SMILES string of the molecule is CC(C)OC(=O)C1OC(=S)OC1C(=O)OC(C)C. The van der Waals surface area contributed by atoms with Gasteiger partial charge in [0.25, 0.3) is 0 Å². The lowest BCUT2D eigenvalue weighted by Gasteiger charge is -2.16. The first-order valence-corrected chi connectivity index (χ1v) is 6.00. The molecule has 1 heterocycles. The zero-order chi connectivity index (χ0) is 13.9. The summed E-state index contributed by atoms with van der Waals surface area (Å²) < 4.78 is 19.9. The lowest BCUT2D eigenvalue weighted by molar-refractivity contribution is -0.167. The van der Waals surface area contributed by atoms with Gasteiger partial charge in [0.2, 0.25) is 12.2 Å². The van der Waals surface area contributed by atoms with Crippen molar-refractivity contribution >= 4 is 29.4 Å². The van der Waals surface area contributed by atoms with Crippen LogP contribution in [-0.4, -0.2) is 41.6 Å². The minimum Gasteiger partial charge on any atom is -0.460 e. The molecule has 0 amide bonds. The predicted molar refractivity (Wildman–Crippen MR) is 64.8 cm³/mol. The van der Waals surface area contributed by atoms with Crippen molar-refractivity contribution < 1.29 is 28.5 Å². The van der Waals surface area contributed by atoms with Crippen molar-refractivity contribution in [1.29, 1.82) is 0 Å². The predicted octanol–water partition coefficient (Wildman–Crippen LogP) is 0.958. The molecule has 1 rings (SSSR count). The Bertz CT molecular complexity index is 319. The minimum absolute atomic E-state index is 0.258. The normalized spacial score (nSPS) is 22.7. The second-order valence-corrected chi connectivity index (χ2v) is 4.63. The van der Waals surface area contributed by atoms with Crippen LogP contribution in [0.15, 0.2) is 0 Å². The third kappa shape index (κ3) is 3.83. The van der Waals surface area contributed by atoms with Crippen LogP contribution in [0.1, 0.15) is 27.7 Å². The second kappa shape index (κ2) is 5.99. The molecule has 0 radical (unpaired) electrons. The number of hydrogen-bond donors (Lipinski definition) is 0. The van der Waals surface area contributed by atoms with E-state index in [-0.39, 0.29) is 17.4 Å². The maximum Gasteiger partial charge on any atom is 0.354 e. The Morgan fingerprint density at radius 3 is 1.61 bits per heavy atom. The molecule has 2 atom stereocenters. The van der Waals surface area contributed by atoms with Crippen LogP contribution in [0.4, 0.5) is 0 Å². The van der Waals surface area contributed by atoms with Crippen molar-refractivity contribution in [3.8, 4) is 0 Å². The van der Waals surface area contributed by atoms with Gasteiger partial charge in [0.05, 0.1) is 12.2 Å². The summed E-state index contributed by atoms with van der Waals surface area (Å²) in [5.74, 6) is -1.40. The Balaban J connectivity index is 2.72. The van der Waals surface area contributed by atoms with Crippen molar-refractivity contribution in [3.63, 3.8) is 0 Å². The molecule has 0 bridgehead atoms. The number of ether oxygens (including phenoxy) is 4. The highest BCUT2D eigenvalue weighted by atomic mass is 32.1. The van der Waals surface area contributed by atoms with Crippen molar-refractivity contribution in [2.24, 2.45) is 0 Å². The van der Waals surface area contributed by atoms with Crippen LogP contribution in [0.5, 0.6) is 0 Å². The van der Waals surface area contributed by atoms with Gasteiger partial charge >= 0.3 is 17.2 Å². The fourth-order valence-electron chi connectivity index (χ4n) is 1.30. The molecule has 0 N–H and O–H groups in total. The summed E-state index contributed by atoms with van der Waals surface area (Å²) in [6.45, 7) is 6.75. The van der Waals surface area contributed by atoms with E-state index < -0.39 is 24.1 Å². The van der Waals surface area contributed by atoms with E-state index in [2.05, 4.69) is 12.2 Å². The van der Waals surface area contributed by atoms with E-state index in [9.17, 15) is 9.59 Å². The number of rotatable bonds is 4. The second-order valence-electron chi connectivity index (χ2n) is 4.30. The van der Waals surface area contributed by atoms with Gasteiger partial charge in [-0.3, -0.25) is 0 Å². The summed E-state index contributed by atoms with van der Waals surface area (Å²) in [4.78, 5) is 23.4. The Morgan fingerprint density at radius 2 is 1.33 bits per heavy atom. The van der Waals surface area contributed by atoms with Crippen molar-refractivity contribution in [3.05, 3.63) is 0 Å². The Morgan fingerprint density at radius 1 is 1.00 bits per heavy atom. The van der Waals surface area contributed by atoms with E-state index in [1.807, 2.05) is 0 Å². The lowest BCUT2D eigenvalue weighted by atomic mass is 10.2. The van der Waals surface area contributed by atoms with Crippen molar-refractivity contribution in [2.75, 3.05) is 0 Å². The topological polar surface area (TPSA) is 71.1 Å². The van der Waals surface area contributed by atoms with Gasteiger partial charge in [0.1, 0.15) is 0 Å². The standard InChI is InChI=1S/C11H16O6S/c1-5(2)14-9(12)7-8(17-11(18)16-7)10(13)15-6(3)4/h5-8H,1-4H3. The third-order valence-corrected chi connectivity index (χ3v) is 2.08. The maximum absolute atomic E-state index is 11.7. The molecule has 2 unspecified atom stereocenters. The molecule has 0 aromatic heterocycles. The molecule has 0 aromatic rings. The molecule has 0 aliphatic carbocycles. The highest BCUT2D eigenvalue weighted by Crippen LogP contribution is 2.19. The zero-order valence-electron chi connectivity index (χ0n) is 10.7. The molecular formula is C11H16O6S. The number of hydrogen-bond acceptors (Lipinski definition) is 7. The Hall–Kier alpha value is -1.37. The van der Waals surface area contributed by atoms with Gasteiger partial charge < -0.3 is 18.9 Å². The summed E-state index contributed by atoms with van der Waals surface area (Å²) in [5.41, 5.74) is 0. The van der Waals surface area contributed by atoms with Crippen LogP contribution in [0.2, 0.25) is 0 Å². The van der Waals surface area contributed by atoms with Gasteiger partial charge in [-0.25, -0.2) is 9.59 Å². The van der Waals surface area contributed by atoms with E-state index in [1.54, 1.807) is 27.7 Å². The Labute approximate surface area is 111 Å². The average Bonchev–Trinajstić information content (AvgIpc) is 2.58. The van der Waals surface area contributed by atoms with Crippen molar-refractivity contribution in [1.82, 2.24) is 0 Å². The number of carbonyl (C=O) groups excluding carboxylic acids is 2. The molecule has 1 saturated heterocycles. The first-order chi connectivity index (χ1) is 8.31. The molecular weight excluding hydrogens is 260 g/mol. The quantitative estimate of drug-likeness (QED) is 0.559. The van der Waals surface area contributed by atoms with Crippen molar-refractivity contribution in [2.45, 2.75) is 52.1 Å². The van der Waals surface area contributed by atoms with Crippen LogP contribution in [0, 0.1) is 0 Å². The first kappa shape index (κ1) is 14.7. The maximum atomic E-state index is 11.7. The van der Waals surface area contributed by atoms with Crippen LogP contribution in [-0.2, 0) is 28.5 Å². The fraction of sp³-hybridized carbons (Fsp3) is 0.727. The molecule has 7 heteroatoms. The number of thiocarbonyl (C=S) groups is 1. The summed E-state index contributed by atoms with van der Waals surface area (Å²) in [7, 11) is 0. The van der Waals surface area contributed by atoms with E-state index >= 15 is 0 Å². The third-order valence-electron chi connectivity index (χ3n) is 1.89. The Kier molecular flexibility index (Phi) is 4.89.